The van der Waals surface area contributed by atoms with Crippen molar-refractivity contribution in [3.8, 4) is 11.3 Å². The second kappa shape index (κ2) is 6.68. The van der Waals surface area contributed by atoms with Crippen LogP contribution >= 0.6 is 0 Å². The highest BCUT2D eigenvalue weighted by atomic mass is 16.3. The molecule has 2 N–H and O–H groups in total. The topological polar surface area (TPSA) is 71.2 Å². The number of aliphatic hydroxyl groups is 2. The summed E-state index contributed by atoms with van der Waals surface area (Å²) >= 11 is 0. The molecule has 5 nitrogen and oxygen atoms in total. The first-order valence-corrected chi connectivity index (χ1v) is 7.46. The van der Waals surface area contributed by atoms with Crippen LogP contribution in [0.5, 0.6) is 0 Å². The van der Waals surface area contributed by atoms with Gasteiger partial charge in [0.15, 0.2) is 5.65 Å². The van der Waals surface area contributed by atoms with Gasteiger partial charge in [0.05, 0.1) is 13.2 Å². The van der Waals surface area contributed by atoms with Crippen molar-refractivity contribution in [2.45, 2.75) is 19.4 Å². The van der Waals surface area contributed by atoms with Crippen molar-refractivity contribution in [1.82, 2.24) is 14.8 Å². The van der Waals surface area contributed by atoms with Gasteiger partial charge in [0, 0.05) is 23.8 Å². The van der Waals surface area contributed by atoms with Crippen LogP contribution in [0.25, 0.3) is 22.3 Å². The summed E-state index contributed by atoms with van der Waals surface area (Å²) in [7, 11) is 0. The molecule has 0 spiro atoms. The third-order valence-electron chi connectivity index (χ3n) is 3.63. The average Bonchev–Trinajstić information content (AvgIpc) is 2.92. The summed E-state index contributed by atoms with van der Waals surface area (Å²) in [5.74, 6) is 0. The van der Waals surface area contributed by atoms with Crippen molar-refractivity contribution >= 4 is 11.0 Å². The molecule has 0 aliphatic carbocycles. The zero-order chi connectivity index (χ0) is 15.4. The van der Waals surface area contributed by atoms with E-state index in [0.29, 0.717) is 6.54 Å². The van der Waals surface area contributed by atoms with Gasteiger partial charge in [-0.3, -0.25) is 0 Å². The summed E-state index contributed by atoms with van der Waals surface area (Å²) in [6.07, 6.45) is 3.33. The number of fused-ring (bicyclic) bond motifs is 1. The number of pyridine rings is 1. The first-order chi connectivity index (χ1) is 10.8. The second-order valence-electron chi connectivity index (χ2n) is 5.20. The molecule has 0 saturated carbocycles. The van der Waals surface area contributed by atoms with Crippen LogP contribution in [0.2, 0.25) is 0 Å². The predicted octanol–water partition coefficient (Wildman–Crippen LogP) is 2.02. The van der Waals surface area contributed by atoms with Gasteiger partial charge in [-0.1, -0.05) is 30.3 Å². The summed E-state index contributed by atoms with van der Waals surface area (Å²) in [5.41, 5.74) is 3.77. The summed E-state index contributed by atoms with van der Waals surface area (Å²) in [6, 6.07) is 12.1. The number of hydrogen-bond acceptors (Lipinski definition) is 4. The van der Waals surface area contributed by atoms with E-state index in [4.69, 9.17) is 5.11 Å². The quantitative estimate of drug-likeness (QED) is 0.730. The molecule has 2 aromatic heterocycles. The molecule has 0 aliphatic rings. The average molecular weight is 297 g/mol. The lowest BCUT2D eigenvalue weighted by Crippen LogP contribution is -2.04. The van der Waals surface area contributed by atoms with Crippen LogP contribution in [-0.2, 0) is 13.0 Å². The number of aromatic nitrogens is 3. The van der Waals surface area contributed by atoms with E-state index in [1.54, 1.807) is 4.68 Å². The van der Waals surface area contributed by atoms with E-state index in [9.17, 15) is 5.11 Å². The molecule has 1 aromatic carbocycles. The van der Waals surface area contributed by atoms with E-state index in [1.165, 1.54) is 0 Å². The number of rotatable bonds is 6. The molecule has 0 aliphatic heterocycles. The Balaban J connectivity index is 2.12. The SMILES string of the molecule is OCCCc1cnc2c(c1)c(-c1ccccc1)nn2CCO. The summed E-state index contributed by atoms with van der Waals surface area (Å²) in [4.78, 5) is 4.51. The maximum absolute atomic E-state index is 9.21. The molecular formula is C17H19N3O2. The fourth-order valence-corrected chi connectivity index (χ4v) is 2.58. The van der Waals surface area contributed by atoms with Crippen LogP contribution in [0.15, 0.2) is 42.6 Å². The minimum absolute atomic E-state index is 0.0267. The van der Waals surface area contributed by atoms with Crippen LogP contribution in [0.4, 0.5) is 0 Å². The van der Waals surface area contributed by atoms with Crippen molar-refractivity contribution < 1.29 is 10.2 Å². The minimum atomic E-state index is 0.0267. The lowest BCUT2D eigenvalue weighted by molar-refractivity contribution is 0.271. The van der Waals surface area contributed by atoms with Gasteiger partial charge in [0.25, 0.3) is 0 Å². The molecular weight excluding hydrogens is 278 g/mol. The number of aryl methyl sites for hydroxylation is 1. The maximum atomic E-state index is 9.21. The van der Waals surface area contributed by atoms with Gasteiger partial charge < -0.3 is 10.2 Å². The van der Waals surface area contributed by atoms with E-state index in [-0.39, 0.29) is 13.2 Å². The van der Waals surface area contributed by atoms with Gasteiger partial charge in [-0.05, 0) is 24.5 Å². The zero-order valence-electron chi connectivity index (χ0n) is 12.3. The van der Waals surface area contributed by atoms with Crippen molar-refractivity contribution in [3.63, 3.8) is 0 Å². The largest absolute Gasteiger partial charge is 0.396 e. The Labute approximate surface area is 128 Å². The molecule has 0 bridgehead atoms. The first-order valence-electron chi connectivity index (χ1n) is 7.46. The predicted molar refractivity (Wildman–Crippen MR) is 85.5 cm³/mol. The Bertz CT molecular complexity index is 753. The summed E-state index contributed by atoms with van der Waals surface area (Å²) in [6.45, 7) is 0.624. The van der Waals surface area contributed by atoms with E-state index >= 15 is 0 Å². The van der Waals surface area contributed by atoms with Gasteiger partial charge in [-0.15, -0.1) is 0 Å². The van der Waals surface area contributed by atoms with Gasteiger partial charge in [-0.25, -0.2) is 9.67 Å². The van der Waals surface area contributed by atoms with E-state index in [1.807, 2.05) is 36.5 Å². The Morgan fingerprint density at radius 3 is 2.59 bits per heavy atom. The Morgan fingerprint density at radius 1 is 1.05 bits per heavy atom. The second-order valence-corrected chi connectivity index (χ2v) is 5.20. The first kappa shape index (κ1) is 14.7. The molecule has 114 valence electrons. The number of benzene rings is 1. The molecule has 0 amide bonds. The van der Waals surface area contributed by atoms with E-state index in [0.717, 1.165) is 40.7 Å². The smallest absolute Gasteiger partial charge is 0.158 e. The van der Waals surface area contributed by atoms with Gasteiger partial charge in [0.2, 0.25) is 0 Å². The molecule has 22 heavy (non-hydrogen) atoms. The lowest BCUT2D eigenvalue weighted by atomic mass is 10.1. The zero-order valence-corrected chi connectivity index (χ0v) is 12.3. The van der Waals surface area contributed by atoms with Gasteiger partial charge >= 0.3 is 0 Å². The molecule has 0 unspecified atom stereocenters. The molecule has 0 saturated heterocycles. The lowest BCUT2D eigenvalue weighted by Gasteiger charge is -2.02. The summed E-state index contributed by atoms with van der Waals surface area (Å²) in [5, 5.41) is 23.8. The molecule has 0 radical (unpaired) electrons. The molecule has 2 heterocycles. The fraction of sp³-hybridized carbons (Fsp3) is 0.294. The van der Waals surface area contributed by atoms with Crippen molar-refractivity contribution in [1.29, 1.82) is 0 Å². The number of aliphatic hydroxyl groups excluding tert-OH is 2. The van der Waals surface area contributed by atoms with Crippen molar-refractivity contribution in [3.05, 3.63) is 48.2 Å². The third kappa shape index (κ3) is 2.86. The van der Waals surface area contributed by atoms with Crippen LogP contribution in [0.1, 0.15) is 12.0 Å². The maximum Gasteiger partial charge on any atom is 0.158 e. The summed E-state index contributed by atoms with van der Waals surface area (Å²) < 4.78 is 1.74. The molecule has 3 aromatic rings. The highest BCUT2D eigenvalue weighted by Gasteiger charge is 2.13. The van der Waals surface area contributed by atoms with Crippen LogP contribution < -0.4 is 0 Å². The van der Waals surface area contributed by atoms with E-state index < -0.39 is 0 Å². The van der Waals surface area contributed by atoms with E-state index in [2.05, 4.69) is 16.1 Å². The Morgan fingerprint density at radius 2 is 1.86 bits per heavy atom. The number of hydrogen-bond donors (Lipinski definition) is 2. The Hall–Kier alpha value is -2.24. The monoisotopic (exact) mass is 297 g/mol. The standard InChI is InChI=1S/C17H19N3O2/c21-9-4-5-13-11-15-16(14-6-2-1-3-7-14)19-20(8-10-22)17(15)18-12-13/h1-3,6-7,11-12,21-22H,4-5,8-10H2. The van der Waals surface area contributed by atoms with Crippen LogP contribution in [0.3, 0.4) is 0 Å². The molecule has 3 rings (SSSR count). The van der Waals surface area contributed by atoms with Crippen LogP contribution in [0, 0.1) is 0 Å². The fourth-order valence-electron chi connectivity index (χ4n) is 2.58. The highest BCUT2D eigenvalue weighted by Crippen LogP contribution is 2.27. The molecule has 0 fully saturated rings. The van der Waals surface area contributed by atoms with Crippen molar-refractivity contribution in [2.24, 2.45) is 0 Å². The molecule has 5 heteroatoms. The molecule has 0 atom stereocenters. The number of nitrogens with zero attached hydrogens (tertiary/aromatic N) is 3. The Kier molecular flexibility index (Phi) is 4.46. The van der Waals surface area contributed by atoms with Crippen LogP contribution in [-0.4, -0.2) is 38.2 Å². The van der Waals surface area contributed by atoms with Crippen molar-refractivity contribution in [2.75, 3.05) is 13.2 Å². The normalized spacial score (nSPS) is 11.2. The highest BCUT2D eigenvalue weighted by molar-refractivity contribution is 5.91. The third-order valence-corrected chi connectivity index (χ3v) is 3.63. The van der Waals surface area contributed by atoms with Gasteiger partial charge in [0.1, 0.15) is 5.69 Å². The minimum Gasteiger partial charge on any atom is -0.396 e. The van der Waals surface area contributed by atoms with Gasteiger partial charge in [-0.2, -0.15) is 5.10 Å².